The van der Waals surface area contributed by atoms with Crippen molar-refractivity contribution >= 4 is 20.4 Å². The van der Waals surface area contributed by atoms with E-state index in [1.165, 1.54) is 12.1 Å². The van der Waals surface area contributed by atoms with Gasteiger partial charge in [0, 0.05) is 0 Å². The molecule has 1 rings (SSSR count). The van der Waals surface area contributed by atoms with Crippen LogP contribution < -0.4 is 0 Å². The van der Waals surface area contributed by atoms with Crippen LogP contribution in [-0.4, -0.2) is 0 Å². The van der Waals surface area contributed by atoms with E-state index in [-0.39, 0.29) is 5.82 Å². The van der Waals surface area contributed by atoms with Crippen molar-refractivity contribution < 1.29 is 29.6 Å². The largest absolute Gasteiger partial charge is 0.207 e. The molecule has 15 heavy (non-hydrogen) atoms. The van der Waals surface area contributed by atoms with Gasteiger partial charge >= 0.3 is 33.0 Å². The second-order valence-electron chi connectivity index (χ2n) is 2.47. The molecule has 0 nitrogen and oxygen atoms in total. The molecule has 0 amide bonds. The van der Waals surface area contributed by atoms with Crippen LogP contribution in [0.15, 0.2) is 29.2 Å². The third-order valence-corrected chi connectivity index (χ3v) is 1.18. The van der Waals surface area contributed by atoms with Gasteiger partial charge in [0.25, 0.3) is 0 Å². The first-order chi connectivity index (χ1) is 6.24. The van der Waals surface area contributed by atoms with Crippen LogP contribution in [0.25, 0.3) is 0 Å². The molecule has 0 bridgehead atoms. The van der Waals surface area contributed by atoms with Gasteiger partial charge in [0.05, 0.1) is 0 Å². The Morgan fingerprint density at radius 1 is 0.800 bits per heavy atom. The number of hydrogen-bond acceptors (Lipinski definition) is 0. The summed E-state index contributed by atoms with van der Waals surface area (Å²) >= 11 is 3.22. The predicted molar refractivity (Wildman–Crippen MR) is 48.4 cm³/mol. The van der Waals surface area contributed by atoms with Gasteiger partial charge in [-0.15, -0.1) is 0 Å². The van der Waals surface area contributed by atoms with Crippen molar-refractivity contribution in [3.05, 3.63) is 30.1 Å². The molecule has 1 aromatic rings. The summed E-state index contributed by atoms with van der Waals surface area (Å²) < 4.78 is 71.3. The summed E-state index contributed by atoms with van der Waals surface area (Å²) in [5.74, 6) is -0.202. The molecular weight excluding hydrogens is 268 g/mol. The van der Waals surface area contributed by atoms with E-state index in [1.54, 1.807) is 12.1 Å². The van der Waals surface area contributed by atoms with Gasteiger partial charge in [0.15, 0.2) is 4.90 Å². The van der Waals surface area contributed by atoms with Crippen LogP contribution >= 0.6 is 7.81 Å². The number of benzene rings is 1. The molecule has 0 aliphatic heterocycles. The molecule has 0 N–H and O–H groups in total. The van der Waals surface area contributed by atoms with Crippen LogP contribution in [-0.2, 0) is 12.6 Å². The van der Waals surface area contributed by atoms with E-state index in [9.17, 15) is 29.6 Å². The molecule has 0 radical (unpaired) electrons. The molecule has 0 heterocycles. The van der Waals surface area contributed by atoms with Crippen molar-refractivity contribution in [2.45, 2.75) is 4.90 Å². The van der Waals surface area contributed by atoms with Gasteiger partial charge in [0.1, 0.15) is 5.82 Å². The topological polar surface area (TPSA) is 0 Å². The van der Waals surface area contributed by atoms with E-state index in [0.29, 0.717) is 0 Å². The van der Waals surface area contributed by atoms with E-state index in [4.69, 9.17) is 0 Å². The summed E-state index contributed by atoms with van der Waals surface area (Å²) in [6.07, 6.45) is 0. The smallest absolute Gasteiger partial charge is 0.150 e. The first-order valence-electron chi connectivity index (χ1n) is 3.27. The van der Waals surface area contributed by atoms with Crippen molar-refractivity contribution in [2.75, 3.05) is 0 Å². The summed E-state index contributed by atoms with van der Waals surface area (Å²) in [5.41, 5.74) is 0. The van der Waals surface area contributed by atoms with Crippen molar-refractivity contribution in [3.63, 3.8) is 0 Å². The Hall–Kier alpha value is -0.490. The minimum atomic E-state index is -10.7. The van der Waals surface area contributed by atoms with Crippen LogP contribution in [0.5, 0.6) is 0 Å². The normalized spacial score (nSPS) is 15.7. The zero-order chi connectivity index (χ0) is 12.4. The summed E-state index contributed by atoms with van der Waals surface area (Å²) in [6, 6.07) is 6.13. The van der Waals surface area contributed by atoms with Crippen molar-refractivity contribution in [2.24, 2.45) is 0 Å². The van der Waals surface area contributed by atoms with Crippen LogP contribution in [0, 0.1) is 5.82 Å². The second-order valence-corrected chi connectivity index (χ2v) is 4.96. The standard InChI is InChI=1S/C6H5FS.F6P/c7-5-1-3-6(8)4-2-5;1-7(2,3,4,5)6/h1-4,8H;/q;-1/p+1. The van der Waals surface area contributed by atoms with E-state index >= 15 is 0 Å². The molecule has 0 fully saturated rings. The van der Waals surface area contributed by atoms with Crippen LogP contribution in [0.1, 0.15) is 0 Å². The maximum absolute atomic E-state index is 12.1. The fourth-order valence-corrected chi connectivity index (χ4v) is 0.617. The summed E-state index contributed by atoms with van der Waals surface area (Å²) in [4.78, 5) is 0.895. The Bertz CT molecular complexity index is 293. The zero-order valence-electron chi connectivity index (χ0n) is 6.90. The molecule has 0 saturated carbocycles. The maximum Gasteiger partial charge on any atom is 0.150 e. The average Bonchev–Trinajstić information content (AvgIpc) is 1.88. The molecule has 9 heteroatoms. The molecule has 0 aliphatic carbocycles. The molecule has 90 valence electrons. The molecule has 0 atom stereocenters. The average molecular weight is 274 g/mol. The SMILES string of the molecule is F[P-](F)(F)(F)(F)F.Fc1ccc([SH2+])cc1. The minimum absolute atomic E-state index is 0.202. The molecule has 0 unspecified atom stereocenters. The van der Waals surface area contributed by atoms with Gasteiger partial charge in [-0.2, -0.15) is 0 Å². The van der Waals surface area contributed by atoms with E-state index in [0.717, 1.165) is 4.90 Å². The second kappa shape index (κ2) is 3.52. The third-order valence-electron chi connectivity index (χ3n) is 0.844. The molecule has 1 aromatic carbocycles. The van der Waals surface area contributed by atoms with Gasteiger partial charge in [-0.1, -0.05) is 0 Å². The van der Waals surface area contributed by atoms with Crippen molar-refractivity contribution in [3.8, 4) is 0 Å². The van der Waals surface area contributed by atoms with Gasteiger partial charge in [-0.3, -0.25) is 0 Å². The van der Waals surface area contributed by atoms with Crippen molar-refractivity contribution in [1.29, 1.82) is 0 Å². The fourth-order valence-electron chi connectivity index (χ4n) is 0.450. The maximum atomic E-state index is 12.1. The van der Waals surface area contributed by atoms with Gasteiger partial charge in [-0.25, -0.2) is 4.39 Å². The Labute approximate surface area is 85.7 Å². The Morgan fingerprint density at radius 3 is 1.27 bits per heavy atom. The van der Waals surface area contributed by atoms with Crippen molar-refractivity contribution in [1.82, 2.24) is 0 Å². The summed E-state index contributed by atoms with van der Waals surface area (Å²) in [7, 11) is -10.7. The monoisotopic (exact) mass is 274 g/mol. The van der Waals surface area contributed by atoms with Gasteiger partial charge in [-0.05, 0) is 36.9 Å². The first-order valence-corrected chi connectivity index (χ1v) is 5.80. The van der Waals surface area contributed by atoms with Crippen LogP contribution in [0.2, 0.25) is 0 Å². The fraction of sp³-hybridized carbons (Fsp3) is 0. The molecule has 0 saturated heterocycles. The quantitative estimate of drug-likeness (QED) is 0.369. The van der Waals surface area contributed by atoms with Gasteiger partial charge in [0.2, 0.25) is 0 Å². The Morgan fingerprint density at radius 2 is 1.07 bits per heavy atom. The number of hydrogen-bond donors (Lipinski definition) is 0. The van der Waals surface area contributed by atoms with Crippen LogP contribution in [0.3, 0.4) is 0 Å². The van der Waals surface area contributed by atoms with E-state index in [2.05, 4.69) is 12.6 Å². The van der Waals surface area contributed by atoms with E-state index < -0.39 is 7.81 Å². The summed E-state index contributed by atoms with van der Waals surface area (Å²) in [5, 5.41) is 0. The molecule has 0 aliphatic rings. The first kappa shape index (κ1) is 14.5. The zero-order valence-corrected chi connectivity index (χ0v) is 8.80. The van der Waals surface area contributed by atoms with E-state index in [1.807, 2.05) is 0 Å². The number of halogens is 7. The third kappa shape index (κ3) is 19.8. The molecule has 0 aromatic heterocycles. The van der Waals surface area contributed by atoms with Crippen LogP contribution in [0.4, 0.5) is 29.6 Å². The molecular formula is C6H6F7PS. The molecule has 0 spiro atoms. The number of rotatable bonds is 0. The minimum Gasteiger partial charge on any atom is -0.207 e. The van der Waals surface area contributed by atoms with Gasteiger partial charge < -0.3 is 0 Å². The predicted octanol–water partition coefficient (Wildman–Crippen LogP) is 4.58. The Balaban J connectivity index is 0.000000265. The summed E-state index contributed by atoms with van der Waals surface area (Å²) in [6.45, 7) is 0. The Kier molecular flexibility index (Phi) is 3.40.